The Labute approximate surface area is 87.9 Å². The van der Waals surface area contributed by atoms with Crippen molar-refractivity contribution in [2.75, 3.05) is 0 Å². The van der Waals surface area contributed by atoms with Crippen LogP contribution in [-0.4, -0.2) is 11.2 Å². The highest BCUT2D eigenvalue weighted by atomic mass is 16.3. The fourth-order valence-corrected chi connectivity index (χ4v) is 3.40. The summed E-state index contributed by atoms with van der Waals surface area (Å²) in [6.45, 7) is 2.37. The molecule has 0 aromatic carbocycles. The molecule has 2 fully saturated rings. The van der Waals surface area contributed by atoms with Gasteiger partial charge in [-0.05, 0) is 43.4 Å². The van der Waals surface area contributed by atoms with Crippen LogP contribution in [0.15, 0.2) is 0 Å². The Morgan fingerprint density at radius 2 is 1.50 bits per heavy atom. The van der Waals surface area contributed by atoms with E-state index in [0.29, 0.717) is 5.92 Å². The van der Waals surface area contributed by atoms with Gasteiger partial charge in [-0.15, -0.1) is 0 Å². The van der Waals surface area contributed by atoms with Crippen molar-refractivity contribution in [2.24, 2.45) is 17.8 Å². The van der Waals surface area contributed by atoms with Gasteiger partial charge >= 0.3 is 0 Å². The molecule has 14 heavy (non-hydrogen) atoms. The van der Waals surface area contributed by atoms with E-state index < -0.39 is 0 Å². The lowest BCUT2D eigenvalue weighted by Crippen LogP contribution is -2.33. The Morgan fingerprint density at radius 3 is 2.14 bits per heavy atom. The van der Waals surface area contributed by atoms with E-state index in [1.165, 1.54) is 44.9 Å². The minimum Gasteiger partial charge on any atom is -0.393 e. The topological polar surface area (TPSA) is 20.2 Å². The summed E-state index contributed by atoms with van der Waals surface area (Å²) in [6.07, 6.45) is 10.5. The number of hydrogen-bond acceptors (Lipinski definition) is 1. The summed E-state index contributed by atoms with van der Waals surface area (Å²) >= 11 is 0. The van der Waals surface area contributed by atoms with Gasteiger partial charge in [-0.1, -0.05) is 32.6 Å². The summed E-state index contributed by atoms with van der Waals surface area (Å²) in [4.78, 5) is 0. The molecule has 1 N–H and O–H groups in total. The van der Waals surface area contributed by atoms with Crippen molar-refractivity contribution in [2.45, 2.75) is 64.4 Å². The molecule has 1 heteroatoms. The number of aliphatic hydroxyl groups is 1. The molecule has 0 aromatic rings. The van der Waals surface area contributed by atoms with Crippen LogP contribution in [0.3, 0.4) is 0 Å². The SMILES string of the molecule is CC1CCC(C2CCCCC2O)CC1. The standard InChI is InChI=1S/C13H24O/c1-10-6-8-11(9-7-10)12-4-2-3-5-13(12)14/h10-14H,2-9H2,1H3. The maximum absolute atomic E-state index is 9.99. The first-order valence-electron chi connectivity index (χ1n) is 6.45. The molecule has 2 unspecified atom stereocenters. The zero-order chi connectivity index (χ0) is 9.97. The Kier molecular flexibility index (Phi) is 3.48. The number of aliphatic hydroxyl groups excluding tert-OH is 1. The molecule has 2 rings (SSSR count). The first kappa shape index (κ1) is 10.5. The maximum Gasteiger partial charge on any atom is 0.0571 e. The van der Waals surface area contributed by atoms with Gasteiger partial charge in [0.25, 0.3) is 0 Å². The fourth-order valence-electron chi connectivity index (χ4n) is 3.40. The number of hydrogen-bond donors (Lipinski definition) is 1. The van der Waals surface area contributed by atoms with Gasteiger partial charge in [-0.2, -0.15) is 0 Å². The van der Waals surface area contributed by atoms with E-state index in [2.05, 4.69) is 6.92 Å². The molecule has 0 radical (unpaired) electrons. The van der Waals surface area contributed by atoms with Crippen LogP contribution in [0.5, 0.6) is 0 Å². The van der Waals surface area contributed by atoms with Gasteiger partial charge in [0.05, 0.1) is 6.10 Å². The Balaban J connectivity index is 1.87. The van der Waals surface area contributed by atoms with Gasteiger partial charge in [-0.25, -0.2) is 0 Å². The summed E-state index contributed by atoms with van der Waals surface area (Å²) in [6, 6.07) is 0. The van der Waals surface area contributed by atoms with Crippen molar-refractivity contribution in [1.82, 2.24) is 0 Å². The third-order valence-electron chi connectivity index (χ3n) is 4.45. The molecule has 2 aliphatic rings. The first-order chi connectivity index (χ1) is 6.77. The molecule has 0 aliphatic heterocycles. The van der Waals surface area contributed by atoms with Crippen LogP contribution in [0.1, 0.15) is 58.3 Å². The maximum atomic E-state index is 9.99. The zero-order valence-electron chi connectivity index (χ0n) is 9.41. The molecule has 0 spiro atoms. The van der Waals surface area contributed by atoms with Crippen molar-refractivity contribution in [1.29, 1.82) is 0 Å². The van der Waals surface area contributed by atoms with Gasteiger partial charge in [0.1, 0.15) is 0 Å². The Morgan fingerprint density at radius 1 is 0.857 bits per heavy atom. The van der Waals surface area contributed by atoms with Crippen LogP contribution in [0.25, 0.3) is 0 Å². The molecule has 2 saturated carbocycles. The summed E-state index contributed by atoms with van der Waals surface area (Å²) < 4.78 is 0. The molecule has 2 atom stereocenters. The molecule has 82 valence electrons. The minimum atomic E-state index is 0.0298. The highest BCUT2D eigenvalue weighted by Crippen LogP contribution is 2.39. The van der Waals surface area contributed by atoms with Crippen LogP contribution in [0.4, 0.5) is 0 Å². The average molecular weight is 196 g/mol. The van der Waals surface area contributed by atoms with E-state index in [9.17, 15) is 5.11 Å². The fraction of sp³-hybridized carbons (Fsp3) is 1.00. The first-order valence-corrected chi connectivity index (χ1v) is 6.45. The third kappa shape index (κ3) is 2.31. The monoisotopic (exact) mass is 196 g/mol. The molecule has 0 aromatic heterocycles. The largest absolute Gasteiger partial charge is 0.393 e. The van der Waals surface area contributed by atoms with Gasteiger partial charge in [0.2, 0.25) is 0 Å². The second kappa shape index (κ2) is 4.65. The quantitative estimate of drug-likeness (QED) is 0.682. The Hall–Kier alpha value is -0.0400. The summed E-state index contributed by atoms with van der Waals surface area (Å²) in [5.41, 5.74) is 0. The van der Waals surface area contributed by atoms with Crippen LogP contribution < -0.4 is 0 Å². The van der Waals surface area contributed by atoms with Crippen molar-refractivity contribution < 1.29 is 5.11 Å². The lowest BCUT2D eigenvalue weighted by molar-refractivity contribution is 0.0215. The van der Waals surface area contributed by atoms with Gasteiger partial charge < -0.3 is 5.11 Å². The van der Waals surface area contributed by atoms with E-state index in [-0.39, 0.29) is 6.10 Å². The highest BCUT2D eigenvalue weighted by molar-refractivity contribution is 4.83. The van der Waals surface area contributed by atoms with Crippen molar-refractivity contribution in [3.05, 3.63) is 0 Å². The van der Waals surface area contributed by atoms with Crippen LogP contribution in [0.2, 0.25) is 0 Å². The second-order valence-electron chi connectivity index (χ2n) is 5.54. The smallest absolute Gasteiger partial charge is 0.0571 e. The normalized spacial score (nSPS) is 45.0. The molecular formula is C13H24O. The van der Waals surface area contributed by atoms with Crippen molar-refractivity contribution in [3.8, 4) is 0 Å². The van der Waals surface area contributed by atoms with Gasteiger partial charge in [0.15, 0.2) is 0 Å². The predicted octanol–water partition coefficient (Wildman–Crippen LogP) is 3.36. The highest BCUT2D eigenvalue weighted by Gasteiger charge is 2.32. The van der Waals surface area contributed by atoms with E-state index in [1.807, 2.05) is 0 Å². The van der Waals surface area contributed by atoms with Crippen LogP contribution in [-0.2, 0) is 0 Å². The average Bonchev–Trinajstić information content (AvgIpc) is 2.20. The molecule has 0 saturated heterocycles. The summed E-state index contributed by atoms with van der Waals surface area (Å²) in [5.74, 6) is 2.43. The summed E-state index contributed by atoms with van der Waals surface area (Å²) in [5, 5.41) is 9.99. The molecule has 0 bridgehead atoms. The Bertz CT molecular complexity index is 170. The van der Waals surface area contributed by atoms with E-state index >= 15 is 0 Å². The second-order valence-corrected chi connectivity index (χ2v) is 5.54. The van der Waals surface area contributed by atoms with E-state index in [0.717, 1.165) is 18.3 Å². The predicted molar refractivity (Wildman–Crippen MR) is 59.1 cm³/mol. The number of rotatable bonds is 1. The van der Waals surface area contributed by atoms with Crippen LogP contribution in [0, 0.1) is 17.8 Å². The molecule has 1 nitrogen and oxygen atoms in total. The summed E-state index contributed by atoms with van der Waals surface area (Å²) in [7, 11) is 0. The van der Waals surface area contributed by atoms with Gasteiger partial charge in [-0.3, -0.25) is 0 Å². The zero-order valence-corrected chi connectivity index (χ0v) is 9.41. The van der Waals surface area contributed by atoms with Crippen molar-refractivity contribution >= 4 is 0 Å². The van der Waals surface area contributed by atoms with Crippen LogP contribution >= 0.6 is 0 Å². The molecular weight excluding hydrogens is 172 g/mol. The van der Waals surface area contributed by atoms with E-state index in [4.69, 9.17) is 0 Å². The van der Waals surface area contributed by atoms with E-state index in [1.54, 1.807) is 0 Å². The van der Waals surface area contributed by atoms with Gasteiger partial charge in [0, 0.05) is 0 Å². The molecule has 0 heterocycles. The van der Waals surface area contributed by atoms with Crippen molar-refractivity contribution in [3.63, 3.8) is 0 Å². The molecule has 0 amide bonds. The lowest BCUT2D eigenvalue weighted by atomic mass is 9.70. The molecule has 2 aliphatic carbocycles. The minimum absolute atomic E-state index is 0.0298. The third-order valence-corrected chi connectivity index (χ3v) is 4.45. The lowest BCUT2D eigenvalue weighted by Gasteiger charge is -2.37.